The number of hydrogen-bond acceptors (Lipinski definition) is 3. The summed E-state index contributed by atoms with van der Waals surface area (Å²) in [5, 5.41) is 0. The highest BCUT2D eigenvalue weighted by Crippen LogP contribution is 2.30. The van der Waals surface area contributed by atoms with Crippen LogP contribution in [0.1, 0.15) is 31.9 Å². The minimum atomic E-state index is 0.387. The van der Waals surface area contributed by atoms with Crippen molar-refractivity contribution in [2.75, 3.05) is 33.8 Å². The molecule has 19 heavy (non-hydrogen) atoms. The zero-order chi connectivity index (χ0) is 13.8. The number of benzene rings is 1. The number of ether oxygens (including phenoxy) is 1. The van der Waals surface area contributed by atoms with E-state index in [0.717, 1.165) is 12.3 Å². The highest BCUT2D eigenvalue weighted by Gasteiger charge is 2.28. The van der Waals surface area contributed by atoms with Gasteiger partial charge in [0.2, 0.25) is 0 Å². The predicted molar refractivity (Wildman–Crippen MR) is 79.7 cm³/mol. The Morgan fingerprint density at radius 3 is 2.79 bits per heavy atom. The molecule has 3 nitrogen and oxygen atoms in total. The van der Waals surface area contributed by atoms with E-state index in [1.54, 1.807) is 7.11 Å². The third-order valence-corrected chi connectivity index (χ3v) is 4.47. The average Bonchev–Trinajstić information content (AvgIpc) is 2.94. The first-order valence-corrected chi connectivity index (χ1v) is 7.24. The van der Waals surface area contributed by atoms with E-state index in [9.17, 15) is 0 Å². The molecule has 0 saturated carbocycles. The minimum Gasteiger partial charge on any atom is -0.496 e. The Hall–Kier alpha value is -1.06. The molecule has 1 heterocycles. The smallest absolute Gasteiger partial charge is 0.123 e. The van der Waals surface area contributed by atoms with Gasteiger partial charge in [0.15, 0.2) is 0 Å². The molecule has 1 aromatic rings. The molecule has 106 valence electrons. The van der Waals surface area contributed by atoms with Crippen molar-refractivity contribution in [2.45, 2.75) is 32.4 Å². The standard InChI is InChI=1S/C16H26N2O/c1-5-18-11-10-14(12-18)17(3)13(2)15-8-6-7-9-16(15)19-4/h6-9,13-14H,5,10-12H2,1-4H3/t13?,14-/m0/s1. The molecule has 2 atom stereocenters. The van der Waals surface area contributed by atoms with Crippen LogP contribution >= 0.6 is 0 Å². The fraction of sp³-hybridized carbons (Fsp3) is 0.625. The first kappa shape index (κ1) is 14.4. The largest absolute Gasteiger partial charge is 0.496 e. The number of hydrogen-bond donors (Lipinski definition) is 0. The quantitative estimate of drug-likeness (QED) is 0.811. The zero-order valence-electron chi connectivity index (χ0n) is 12.6. The zero-order valence-corrected chi connectivity index (χ0v) is 12.6. The van der Waals surface area contributed by atoms with Gasteiger partial charge < -0.3 is 9.64 Å². The molecule has 0 bridgehead atoms. The van der Waals surface area contributed by atoms with Crippen LogP contribution in [0, 0.1) is 0 Å². The number of para-hydroxylation sites is 1. The van der Waals surface area contributed by atoms with Gasteiger partial charge in [0, 0.05) is 24.2 Å². The van der Waals surface area contributed by atoms with Crippen LogP contribution in [-0.4, -0.2) is 49.6 Å². The van der Waals surface area contributed by atoms with Gasteiger partial charge >= 0.3 is 0 Å². The molecule has 1 aliphatic heterocycles. The van der Waals surface area contributed by atoms with Gasteiger partial charge in [-0.25, -0.2) is 0 Å². The summed E-state index contributed by atoms with van der Waals surface area (Å²) in [5.74, 6) is 0.993. The van der Waals surface area contributed by atoms with E-state index < -0.39 is 0 Å². The lowest BCUT2D eigenvalue weighted by Gasteiger charge is -2.31. The van der Waals surface area contributed by atoms with Crippen molar-refractivity contribution in [3.8, 4) is 5.75 Å². The second-order valence-electron chi connectivity index (χ2n) is 5.42. The van der Waals surface area contributed by atoms with Gasteiger partial charge in [-0.15, -0.1) is 0 Å². The normalized spacial score (nSPS) is 21.8. The summed E-state index contributed by atoms with van der Waals surface area (Å²) < 4.78 is 5.48. The number of likely N-dealkylation sites (tertiary alicyclic amines) is 1. The molecule has 1 aliphatic rings. The maximum absolute atomic E-state index is 5.48. The van der Waals surface area contributed by atoms with Crippen LogP contribution in [0.2, 0.25) is 0 Å². The van der Waals surface area contributed by atoms with E-state index >= 15 is 0 Å². The molecule has 0 amide bonds. The molecule has 0 spiro atoms. The van der Waals surface area contributed by atoms with Crippen molar-refractivity contribution in [2.24, 2.45) is 0 Å². The second-order valence-corrected chi connectivity index (χ2v) is 5.42. The highest BCUT2D eigenvalue weighted by atomic mass is 16.5. The molecule has 0 N–H and O–H groups in total. The number of nitrogens with zero attached hydrogens (tertiary/aromatic N) is 2. The Morgan fingerprint density at radius 1 is 1.42 bits per heavy atom. The third-order valence-electron chi connectivity index (χ3n) is 4.47. The maximum Gasteiger partial charge on any atom is 0.123 e. The second kappa shape index (κ2) is 6.40. The molecular weight excluding hydrogens is 236 g/mol. The molecule has 0 radical (unpaired) electrons. The number of rotatable bonds is 5. The van der Waals surface area contributed by atoms with Gasteiger partial charge in [-0.05, 0) is 39.5 Å². The fourth-order valence-corrected chi connectivity index (χ4v) is 2.98. The van der Waals surface area contributed by atoms with E-state index in [2.05, 4.69) is 42.8 Å². The summed E-state index contributed by atoms with van der Waals surface area (Å²) in [4.78, 5) is 5.02. The van der Waals surface area contributed by atoms with E-state index in [4.69, 9.17) is 4.74 Å². The summed E-state index contributed by atoms with van der Waals surface area (Å²) in [6.07, 6.45) is 1.27. The van der Waals surface area contributed by atoms with E-state index in [0.29, 0.717) is 12.1 Å². The van der Waals surface area contributed by atoms with Gasteiger partial charge in [-0.2, -0.15) is 0 Å². The van der Waals surface area contributed by atoms with Crippen LogP contribution < -0.4 is 4.74 Å². The molecule has 1 fully saturated rings. The van der Waals surface area contributed by atoms with Gasteiger partial charge in [0.25, 0.3) is 0 Å². The Morgan fingerprint density at radius 2 is 2.16 bits per heavy atom. The SMILES string of the molecule is CCN1CC[C@H](N(C)C(C)c2ccccc2OC)C1. The molecule has 3 heteroatoms. The van der Waals surface area contributed by atoms with Crippen LogP contribution in [0.4, 0.5) is 0 Å². The lowest BCUT2D eigenvalue weighted by Crippen LogP contribution is -2.36. The summed E-state index contributed by atoms with van der Waals surface area (Å²) in [6.45, 7) is 8.09. The Labute approximate surface area is 117 Å². The van der Waals surface area contributed by atoms with Gasteiger partial charge in [0.05, 0.1) is 7.11 Å². The van der Waals surface area contributed by atoms with Crippen molar-refractivity contribution >= 4 is 0 Å². The number of methoxy groups -OCH3 is 1. The van der Waals surface area contributed by atoms with Crippen LogP contribution in [0.25, 0.3) is 0 Å². The van der Waals surface area contributed by atoms with E-state index in [-0.39, 0.29) is 0 Å². The molecule has 0 aliphatic carbocycles. The first-order chi connectivity index (χ1) is 9.17. The van der Waals surface area contributed by atoms with E-state index in [1.807, 2.05) is 12.1 Å². The molecule has 0 aromatic heterocycles. The van der Waals surface area contributed by atoms with Crippen molar-refractivity contribution in [1.29, 1.82) is 0 Å². The van der Waals surface area contributed by atoms with Crippen molar-refractivity contribution in [1.82, 2.24) is 9.80 Å². The molecule has 1 unspecified atom stereocenters. The molecular formula is C16H26N2O. The number of likely N-dealkylation sites (N-methyl/N-ethyl adjacent to an activating group) is 2. The Balaban J connectivity index is 2.08. The molecule has 1 saturated heterocycles. The van der Waals surface area contributed by atoms with Crippen LogP contribution in [0.5, 0.6) is 5.75 Å². The third kappa shape index (κ3) is 3.10. The van der Waals surface area contributed by atoms with Crippen molar-refractivity contribution in [3.05, 3.63) is 29.8 Å². The van der Waals surface area contributed by atoms with Gasteiger partial charge in [-0.3, -0.25) is 4.90 Å². The summed E-state index contributed by atoms with van der Waals surface area (Å²) in [7, 11) is 3.99. The average molecular weight is 262 g/mol. The van der Waals surface area contributed by atoms with Gasteiger partial charge in [0.1, 0.15) is 5.75 Å². The first-order valence-electron chi connectivity index (χ1n) is 7.24. The monoisotopic (exact) mass is 262 g/mol. The van der Waals surface area contributed by atoms with Gasteiger partial charge in [-0.1, -0.05) is 25.1 Å². The fourth-order valence-electron chi connectivity index (χ4n) is 2.98. The van der Waals surface area contributed by atoms with Crippen molar-refractivity contribution < 1.29 is 4.74 Å². The topological polar surface area (TPSA) is 15.7 Å². The van der Waals surface area contributed by atoms with Crippen molar-refractivity contribution in [3.63, 3.8) is 0 Å². The Bertz CT molecular complexity index is 407. The molecule has 2 rings (SSSR count). The maximum atomic E-state index is 5.48. The highest BCUT2D eigenvalue weighted by molar-refractivity contribution is 5.35. The lowest BCUT2D eigenvalue weighted by molar-refractivity contribution is 0.181. The van der Waals surface area contributed by atoms with Crippen LogP contribution in [0.3, 0.4) is 0 Å². The molecule has 1 aromatic carbocycles. The minimum absolute atomic E-state index is 0.387. The lowest BCUT2D eigenvalue weighted by atomic mass is 10.0. The predicted octanol–water partition coefficient (Wildman–Crippen LogP) is 2.78. The summed E-state index contributed by atoms with van der Waals surface area (Å²) in [5.41, 5.74) is 1.28. The Kier molecular flexibility index (Phi) is 4.83. The summed E-state index contributed by atoms with van der Waals surface area (Å²) in [6, 6.07) is 9.38. The van der Waals surface area contributed by atoms with Crippen LogP contribution in [0.15, 0.2) is 24.3 Å². The summed E-state index contributed by atoms with van der Waals surface area (Å²) >= 11 is 0. The van der Waals surface area contributed by atoms with Crippen LogP contribution in [-0.2, 0) is 0 Å². The van der Waals surface area contributed by atoms with E-state index in [1.165, 1.54) is 25.1 Å².